The lowest BCUT2D eigenvalue weighted by Crippen LogP contribution is -2.47. The van der Waals surface area contributed by atoms with E-state index >= 15 is 0 Å². The van der Waals surface area contributed by atoms with Crippen LogP contribution in [0.2, 0.25) is 10.0 Å². The monoisotopic (exact) mass is 384 g/mol. The van der Waals surface area contributed by atoms with E-state index < -0.39 is 5.97 Å². The highest BCUT2D eigenvalue weighted by Crippen LogP contribution is 2.26. The molecule has 0 spiro atoms. The van der Waals surface area contributed by atoms with Crippen molar-refractivity contribution in [3.63, 3.8) is 0 Å². The fourth-order valence-electron chi connectivity index (χ4n) is 3.99. The van der Waals surface area contributed by atoms with Crippen molar-refractivity contribution in [2.45, 2.75) is 57.2 Å². The summed E-state index contributed by atoms with van der Waals surface area (Å²) in [6.45, 7) is 3.05. The van der Waals surface area contributed by atoms with Crippen LogP contribution in [0, 0.1) is 5.92 Å². The van der Waals surface area contributed by atoms with E-state index in [4.69, 9.17) is 28.3 Å². The SMILES string of the molecule is O=C(O)C1CCC(NC2CCN(Cc3ccc(Cl)c(Cl)c3)CC2)CC1. The van der Waals surface area contributed by atoms with E-state index in [0.717, 1.165) is 58.2 Å². The number of piperidine rings is 1. The number of hydrogen-bond acceptors (Lipinski definition) is 3. The number of halogens is 2. The van der Waals surface area contributed by atoms with Crippen molar-refractivity contribution in [1.82, 2.24) is 10.2 Å². The number of rotatable bonds is 5. The highest BCUT2D eigenvalue weighted by atomic mass is 35.5. The zero-order chi connectivity index (χ0) is 17.8. The number of nitrogens with zero attached hydrogens (tertiary/aromatic N) is 1. The third-order valence-electron chi connectivity index (χ3n) is 5.53. The number of benzene rings is 1. The molecule has 1 saturated carbocycles. The predicted molar refractivity (Wildman–Crippen MR) is 101 cm³/mol. The third kappa shape index (κ3) is 5.33. The Bertz CT molecular complexity index is 595. The first-order valence-corrected chi connectivity index (χ1v) is 9.92. The lowest BCUT2D eigenvalue weighted by atomic mass is 9.85. The minimum Gasteiger partial charge on any atom is -0.481 e. The Morgan fingerprint density at radius 1 is 1.04 bits per heavy atom. The molecule has 0 aromatic heterocycles. The second-order valence-corrected chi connectivity index (χ2v) is 8.17. The van der Waals surface area contributed by atoms with Gasteiger partial charge < -0.3 is 10.4 Å². The number of aliphatic carboxylic acids is 1. The van der Waals surface area contributed by atoms with Crippen molar-refractivity contribution in [2.75, 3.05) is 13.1 Å². The Morgan fingerprint density at radius 2 is 1.68 bits per heavy atom. The average molecular weight is 385 g/mol. The van der Waals surface area contributed by atoms with Gasteiger partial charge in [-0.05, 0) is 69.3 Å². The first-order valence-electron chi connectivity index (χ1n) is 9.16. The number of hydrogen-bond donors (Lipinski definition) is 2. The van der Waals surface area contributed by atoms with Gasteiger partial charge in [0.2, 0.25) is 0 Å². The van der Waals surface area contributed by atoms with Gasteiger partial charge in [0, 0.05) is 18.6 Å². The van der Waals surface area contributed by atoms with Gasteiger partial charge in [0.15, 0.2) is 0 Å². The molecule has 3 rings (SSSR count). The Labute approximate surface area is 159 Å². The highest BCUT2D eigenvalue weighted by molar-refractivity contribution is 6.42. The maximum atomic E-state index is 11.0. The summed E-state index contributed by atoms with van der Waals surface area (Å²) >= 11 is 12.1. The Kier molecular flexibility index (Phi) is 6.61. The Hall–Kier alpha value is -0.810. The van der Waals surface area contributed by atoms with E-state index in [9.17, 15) is 4.79 Å². The molecule has 2 aliphatic rings. The van der Waals surface area contributed by atoms with Crippen LogP contribution in [0.3, 0.4) is 0 Å². The number of likely N-dealkylation sites (tertiary alicyclic amines) is 1. The van der Waals surface area contributed by atoms with Crippen molar-refractivity contribution in [3.05, 3.63) is 33.8 Å². The molecule has 0 radical (unpaired) electrons. The van der Waals surface area contributed by atoms with Crippen LogP contribution in [0.4, 0.5) is 0 Å². The van der Waals surface area contributed by atoms with Crippen LogP contribution < -0.4 is 5.32 Å². The maximum absolute atomic E-state index is 11.0. The topological polar surface area (TPSA) is 52.6 Å². The molecular formula is C19H26Cl2N2O2. The molecule has 1 saturated heterocycles. The van der Waals surface area contributed by atoms with Gasteiger partial charge >= 0.3 is 5.97 Å². The van der Waals surface area contributed by atoms with Crippen LogP contribution in [0.5, 0.6) is 0 Å². The number of carbonyl (C=O) groups is 1. The van der Waals surface area contributed by atoms with Crippen molar-refractivity contribution in [2.24, 2.45) is 5.92 Å². The number of carboxylic acid groups (broad SMARTS) is 1. The van der Waals surface area contributed by atoms with Crippen molar-refractivity contribution >= 4 is 29.2 Å². The van der Waals surface area contributed by atoms with E-state index in [2.05, 4.69) is 10.2 Å². The van der Waals surface area contributed by atoms with E-state index in [1.165, 1.54) is 5.56 Å². The molecule has 6 heteroatoms. The first kappa shape index (κ1) is 19.0. The molecule has 25 heavy (non-hydrogen) atoms. The van der Waals surface area contributed by atoms with Crippen LogP contribution in [0.25, 0.3) is 0 Å². The van der Waals surface area contributed by atoms with Crippen LogP contribution in [-0.4, -0.2) is 41.1 Å². The zero-order valence-electron chi connectivity index (χ0n) is 14.4. The minimum absolute atomic E-state index is 0.133. The molecule has 1 aliphatic carbocycles. The fraction of sp³-hybridized carbons (Fsp3) is 0.632. The summed E-state index contributed by atoms with van der Waals surface area (Å²) < 4.78 is 0. The normalized spacial score (nSPS) is 25.8. The van der Waals surface area contributed by atoms with Crippen LogP contribution in [0.15, 0.2) is 18.2 Å². The molecule has 2 fully saturated rings. The van der Waals surface area contributed by atoms with Gasteiger partial charge in [-0.15, -0.1) is 0 Å². The van der Waals surface area contributed by atoms with Crippen molar-refractivity contribution < 1.29 is 9.90 Å². The van der Waals surface area contributed by atoms with Crippen molar-refractivity contribution in [3.8, 4) is 0 Å². The number of carboxylic acids is 1. The molecule has 2 N–H and O–H groups in total. The highest BCUT2D eigenvalue weighted by Gasteiger charge is 2.28. The van der Waals surface area contributed by atoms with E-state index in [1.54, 1.807) is 0 Å². The zero-order valence-corrected chi connectivity index (χ0v) is 15.9. The summed E-state index contributed by atoms with van der Waals surface area (Å²) in [5, 5.41) is 14.1. The van der Waals surface area contributed by atoms with Crippen LogP contribution in [-0.2, 0) is 11.3 Å². The molecule has 1 aromatic carbocycles. The predicted octanol–water partition coefficient (Wildman–Crippen LogP) is 4.19. The summed E-state index contributed by atoms with van der Waals surface area (Å²) in [6.07, 6.45) is 5.87. The third-order valence-corrected chi connectivity index (χ3v) is 6.26. The summed E-state index contributed by atoms with van der Waals surface area (Å²) in [6, 6.07) is 6.90. The lowest BCUT2D eigenvalue weighted by molar-refractivity contribution is -0.142. The van der Waals surface area contributed by atoms with Gasteiger partial charge in [0.25, 0.3) is 0 Å². The van der Waals surface area contributed by atoms with E-state index in [0.29, 0.717) is 22.1 Å². The molecule has 1 heterocycles. The molecule has 0 amide bonds. The van der Waals surface area contributed by atoms with Gasteiger partial charge in [-0.3, -0.25) is 9.69 Å². The largest absolute Gasteiger partial charge is 0.481 e. The summed E-state index contributed by atoms with van der Waals surface area (Å²) in [7, 11) is 0. The van der Waals surface area contributed by atoms with Crippen molar-refractivity contribution in [1.29, 1.82) is 0 Å². The first-order chi connectivity index (χ1) is 12.0. The maximum Gasteiger partial charge on any atom is 0.306 e. The molecule has 0 atom stereocenters. The van der Waals surface area contributed by atoms with Gasteiger partial charge in [-0.25, -0.2) is 0 Å². The van der Waals surface area contributed by atoms with Gasteiger partial charge in [0.1, 0.15) is 0 Å². The van der Waals surface area contributed by atoms with E-state index in [-0.39, 0.29) is 5.92 Å². The second-order valence-electron chi connectivity index (χ2n) is 7.35. The molecule has 1 aliphatic heterocycles. The second kappa shape index (κ2) is 8.72. The molecule has 0 bridgehead atoms. The average Bonchev–Trinajstić information content (AvgIpc) is 2.60. The summed E-state index contributed by atoms with van der Waals surface area (Å²) in [4.78, 5) is 13.5. The Balaban J connectivity index is 1.40. The quantitative estimate of drug-likeness (QED) is 0.798. The number of nitrogens with one attached hydrogen (secondary N) is 1. The Morgan fingerprint density at radius 3 is 2.28 bits per heavy atom. The molecule has 0 unspecified atom stereocenters. The molecular weight excluding hydrogens is 359 g/mol. The summed E-state index contributed by atoms with van der Waals surface area (Å²) in [5.74, 6) is -0.764. The summed E-state index contributed by atoms with van der Waals surface area (Å²) in [5.41, 5.74) is 1.20. The van der Waals surface area contributed by atoms with E-state index in [1.807, 2.05) is 18.2 Å². The smallest absolute Gasteiger partial charge is 0.306 e. The molecule has 138 valence electrons. The molecule has 4 nitrogen and oxygen atoms in total. The minimum atomic E-state index is -0.630. The fourth-order valence-corrected chi connectivity index (χ4v) is 4.31. The van der Waals surface area contributed by atoms with Gasteiger partial charge in [-0.1, -0.05) is 29.3 Å². The standard InChI is InChI=1S/C19H26Cl2N2O2/c20-17-6-1-13(11-18(17)21)12-23-9-7-16(8-10-23)22-15-4-2-14(3-5-15)19(24)25/h1,6,11,14-16,22H,2-5,7-10,12H2,(H,24,25). The van der Waals surface area contributed by atoms with Gasteiger partial charge in [-0.2, -0.15) is 0 Å². The van der Waals surface area contributed by atoms with Crippen LogP contribution in [0.1, 0.15) is 44.1 Å². The lowest BCUT2D eigenvalue weighted by Gasteiger charge is -2.36. The molecule has 1 aromatic rings. The van der Waals surface area contributed by atoms with Crippen LogP contribution >= 0.6 is 23.2 Å². The van der Waals surface area contributed by atoms with Gasteiger partial charge in [0.05, 0.1) is 16.0 Å².